The summed E-state index contributed by atoms with van der Waals surface area (Å²) in [6.45, 7) is 0. The Kier molecular flexibility index (Phi) is 3.77. The quantitative estimate of drug-likeness (QED) is 0.760. The van der Waals surface area contributed by atoms with E-state index >= 15 is 0 Å². The summed E-state index contributed by atoms with van der Waals surface area (Å²) in [7, 11) is 0. The smallest absolute Gasteiger partial charge is 0.257 e. The molecule has 2 aliphatic heterocycles. The standard InChI is InChI=1S/C17H12F2N2OS2/c18-11-3-1-10(2-4-11)16-21-14(9-24-16)15(22)20(17(21)23)13-7-5-12(19)6-8-13/h1-8,14,16H,9H2. The molecule has 2 aromatic carbocycles. The van der Waals surface area contributed by atoms with Crippen molar-refractivity contribution in [3.63, 3.8) is 0 Å². The Morgan fingerprint density at radius 1 is 1.00 bits per heavy atom. The van der Waals surface area contributed by atoms with Gasteiger partial charge in [0.15, 0.2) is 5.11 Å². The van der Waals surface area contributed by atoms with E-state index in [1.54, 1.807) is 36.0 Å². The van der Waals surface area contributed by atoms with Crippen LogP contribution in [0.1, 0.15) is 10.9 Å². The van der Waals surface area contributed by atoms with Crippen molar-refractivity contribution in [3.05, 3.63) is 65.7 Å². The predicted molar refractivity (Wildman–Crippen MR) is 93.7 cm³/mol. The zero-order valence-corrected chi connectivity index (χ0v) is 14.0. The average molecular weight is 362 g/mol. The van der Waals surface area contributed by atoms with Gasteiger partial charge in [-0.1, -0.05) is 12.1 Å². The van der Waals surface area contributed by atoms with Crippen LogP contribution >= 0.6 is 24.0 Å². The largest absolute Gasteiger partial charge is 0.319 e. The molecule has 0 spiro atoms. The van der Waals surface area contributed by atoms with Crippen LogP contribution < -0.4 is 4.90 Å². The van der Waals surface area contributed by atoms with Crippen molar-refractivity contribution < 1.29 is 13.6 Å². The van der Waals surface area contributed by atoms with Crippen LogP contribution in [0.4, 0.5) is 14.5 Å². The molecule has 0 aliphatic carbocycles. The summed E-state index contributed by atoms with van der Waals surface area (Å²) in [4.78, 5) is 16.1. The maximum atomic E-state index is 13.2. The van der Waals surface area contributed by atoms with Gasteiger partial charge in [-0.05, 0) is 54.2 Å². The third-order valence-electron chi connectivity index (χ3n) is 4.16. The molecule has 0 saturated carbocycles. The maximum Gasteiger partial charge on any atom is 0.257 e. The molecule has 2 aliphatic rings. The summed E-state index contributed by atoms with van der Waals surface area (Å²) < 4.78 is 26.3. The third-order valence-corrected chi connectivity index (χ3v) is 5.87. The van der Waals surface area contributed by atoms with Crippen LogP contribution in [0.15, 0.2) is 48.5 Å². The minimum absolute atomic E-state index is 0.108. The fraction of sp³-hybridized carbons (Fsp3) is 0.176. The molecule has 2 unspecified atom stereocenters. The topological polar surface area (TPSA) is 23.6 Å². The number of rotatable bonds is 2. The number of carbonyl (C=O) groups is 1. The van der Waals surface area contributed by atoms with E-state index in [1.807, 2.05) is 4.90 Å². The van der Waals surface area contributed by atoms with Crippen molar-refractivity contribution in [3.8, 4) is 0 Å². The van der Waals surface area contributed by atoms with Crippen molar-refractivity contribution in [2.75, 3.05) is 10.7 Å². The van der Waals surface area contributed by atoms with Crippen LogP contribution in [0.5, 0.6) is 0 Å². The second kappa shape index (κ2) is 5.82. The van der Waals surface area contributed by atoms with Gasteiger partial charge >= 0.3 is 0 Å². The number of thioether (sulfide) groups is 1. The Morgan fingerprint density at radius 3 is 2.21 bits per heavy atom. The number of thiocarbonyl (C=S) groups is 1. The Balaban J connectivity index is 1.67. The van der Waals surface area contributed by atoms with E-state index < -0.39 is 0 Å². The van der Waals surface area contributed by atoms with E-state index in [9.17, 15) is 13.6 Å². The predicted octanol–water partition coefficient (Wildman–Crippen LogP) is 3.71. The van der Waals surface area contributed by atoms with Gasteiger partial charge in [0.1, 0.15) is 23.1 Å². The van der Waals surface area contributed by atoms with Gasteiger partial charge in [-0.25, -0.2) is 8.78 Å². The molecule has 2 heterocycles. The van der Waals surface area contributed by atoms with Gasteiger partial charge in [-0.15, -0.1) is 11.8 Å². The van der Waals surface area contributed by atoms with Gasteiger partial charge in [0.2, 0.25) is 0 Å². The molecule has 1 amide bonds. The molecule has 24 heavy (non-hydrogen) atoms. The Morgan fingerprint density at radius 2 is 1.58 bits per heavy atom. The number of hydrogen-bond acceptors (Lipinski definition) is 3. The van der Waals surface area contributed by atoms with E-state index in [0.29, 0.717) is 16.6 Å². The number of benzene rings is 2. The van der Waals surface area contributed by atoms with E-state index in [2.05, 4.69) is 0 Å². The second-order valence-corrected chi connectivity index (χ2v) is 7.07. The zero-order valence-electron chi connectivity index (χ0n) is 12.4. The normalized spacial score (nSPS) is 23.1. The first-order valence-corrected chi connectivity index (χ1v) is 8.81. The second-order valence-electron chi connectivity index (χ2n) is 5.59. The molecule has 0 bridgehead atoms. The highest BCUT2D eigenvalue weighted by molar-refractivity contribution is 7.99. The molecular weight excluding hydrogens is 350 g/mol. The summed E-state index contributed by atoms with van der Waals surface area (Å²) in [5.41, 5.74) is 1.46. The molecule has 0 aromatic heterocycles. The molecule has 0 N–H and O–H groups in total. The molecule has 2 fully saturated rings. The van der Waals surface area contributed by atoms with Crippen molar-refractivity contribution in [2.45, 2.75) is 11.4 Å². The van der Waals surface area contributed by atoms with Crippen LogP contribution in [0, 0.1) is 11.6 Å². The van der Waals surface area contributed by atoms with Crippen LogP contribution in [-0.4, -0.2) is 27.7 Å². The van der Waals surface area contributed by atoms with Crippen LogP contribution in [-0.2, 0) is 4.79 Å². The highest BCUT2D eigenvalue weighted by atomic mass is 32.2. The lowest BCUT2D eigenvalue weighted by Gasteiger charge is -2.25. The monoisotopic (exact) mass is 362 g/mol. The molecule has 122 valence electrons. The van der Waals surface area contributed by atoms with E-state index in [1.165, 1.54) is 29.2 Å². The summed E-state index contributed by atoms with van der Waals surface area (Å²) in [5, 5.41) is 0.272. The van der Waals surface area contributed by atoms with Gasteiger partial charge in [0.05, 0.1) is 5.69 Å². The lowest BCUT2D eigenvalue weighted by molar-refractivity contribution is -0.119. The number of fused-ring (bicyclic) bond motifs is 1. The number of nitrogens with zero attached hydrogens (tertiary/aromatic N) is 2. The first-order valence-electron chi connectivity index (χ1n) is 7.35. The fourth-order valence-electron chi connectivity index (χ4n) is 3.00. The van der Waals surface area contributed by atoms with Crippen LogP contribution in [0.2, 0.25) is 0 Å². The van der Waals surface area contributed by atoms with Crippen molar-refractivity contribution >= 4 is 40.7 Å². The maximum absolute atomic E-state index is 13.2. The van der Waals surface area contributed by atoms with E-state index in [-0.39, 0.29) is 29.0 Å². The lowest BCUT2D eigenvalue weighted by Crippen LogP contribution is -2.33. The minimum Gasteiger partial charge on any atom is -0.319 e. The van der Waals surface area contributed by atoms with Crippen LogP contribution in [0.25, 0.3) is 0 Å². The Bertz CT molecular complexity index is 810. The Labute approximate surface area is 147 Å². The van der Waals surface area contributed by atoms with Gasteiger partial charge in [-0.2, -0.15) is 0 Å². The number of halogens is 2. The van der Waals surface area contributed by atoms with Crippen LogP contribution in [0.3, 0.4) is 0 Å². The number of anilines is 1. The molecule has 2 saturated heterocycles. The molecule has 4 rings (SSSR count). The molecule has 7 heteroatoms. The first kappa shape index (κ1) is 15.5. The van der Waals surface area contributed by atoms with Crippen molar-refractivity contribution in [1.82, 2.24) is 4.90 Å². The van der Waals surface area contributed by atoms with E-state index in [4.69, 9.17) is 12.2 Å². The fourth-order valence-corrected chi connectivity index (χ4v) is 4.92. The summed E-state index contributed by atoms with van der Waals surface area (Å²) in [6, 6.07) is 11.6. The van der Waals surface area contributed by atoms with Crippen molar-refractivity contribution in [2.24, 2.45) is 0 Å². The number of amides is 1. The first-order chi connectivity index (χ1) is 11.6. The molecule has 3 nitrogen and oxygen atoms in total. The van der Waals surface area contributed by atoms with Crippen molar-refractivity contribution in [1.29, 1.82) is 0 Å². The van der Waals surface area contributed by atoms with Gasteiger partial charge < -0.3 is 4.90 Å². The zero-order chi connectivity index (χ0) is 16.8. The summed E-state index contributed by atoms with van der Waals surface area (Å²) >= 11 is 7.13. The van der Waals surface area contributed by atoms with E-state index in [0.717, 1.165) is 5.56 Å². The highest BCUT2D eigenvalue weighted by Gasteiger charge is 2.50. The summed E-state index contributed by atoms with van der Waals surface area (Å²) in [6.07, 6.45) is 0. The molecule has 2 aromatic rings. The van der Waals surface area contributed by atoms with Gasteiger partial charge in [0, 0.05) is 5.75 Å². The lowest BCUT2D eigenvalue weighted by atomic mass is 10.2. The SMILES string of the molecule is O=C1C2CSC(c3ccc(F)cc3)N2C(=S)N1c1ccc(F)cc1. The van der Waals surface area contributed by atoms with Gasteiger partial charge in [-0.3, -0.25) is 9.69 Å². The Hall–Kier alpha value is -1.99. The molecular formula is C17H12F2N2OS2. The molecule has 2 atom stereocenters. The summed E-state index contributed by atoms with van der Waals surface area (Å²) in [5.74, 6) is -0.162. The highest BCUT2D eigenvalue weighted by Crippen LogP contribution is 2.46. The van der Waals surface area contributed by atoms with Gasteiger partial charge in [0.25, 0.3) is 5.91 Å². The number of hydrogen-bond donors (Lipinski definition) is 0. The molecule has 0 radical (unpaired) electrons. The average Bonchev–Trinajstić information content (AvgIpc) is 3.11. The third kappa shape index (κ3) is 2.39. The number of carbonyl (C=O) groups excluding carboxylic acids is 1. The minimum atomic E-state index is -0.364.